The second kappa shape index (κ2) is 8.39. The number of hydrogen-bond donors (Lipinski definition) is 1. The van der Waals surface area contributed by atoms with Crippen LogP contribution >= 0.6 is 23.4 Å². The van der Waals surface area contributed by atoms with E-state index in [1.165, 1.54) is 0 Å². The highest BCUT2D eigenvalue weighted by atomic mass is 35.5. The van der Waals surface area contributed by atoms with Crippen molar-refractivity contribution in [3.05, 3.63) is 52.2 Å². The first-order valence-corrected chi connectivity index (χ1v) is 8.46. The van der Waals surface area contributed by atoms with Crippen molar-refractivity contribution >= 4 is 29.3 Å². The zero-order valence-electron chi connectivity index (χ0n) is 13.2. The molecule has 126 valence electrons. The lowest BCUT2D eigenvalue weighted by atomic mass is 10.1. The average molecular weight is 373 g/mol. The van der Waals surface area contributed by atoms with Crippen molar-refractivity contribution < 1.29 is 9.53 Å². The Morgan fingerprint density at radius 2 is 1.96 bits per heavy atom. The summed E-state index contributed by atoms with van der Waals surface area (Å²) in [6.07, 6.45) is 0. The molecule has 6 nitrogen and oxygen atoms in total. The summed E-state index contributed by atoms with van der Waals surface area (Å²) < 4.78 is 5.42. The molecule has 0 bridgehead atoms. The number of thioether (sulfide) groups is 1. The van der Waals surface area contributed by atoms with E-state index in [2.05, 4.69) is 4.98 Å². The number of amides is 1. The fourth-order valence-corrected chi connectivity index (χ4v) is 3.41. The minimum absolute atomic E-state index is 0.0141. The van der Waals surface area contributed by atoms with Gasteiger partial charge >= 0.3 is 0 Å². The number of nitrogens with zero attached hydrogens (tertiary/aromatic N) is 3. The third-order valence-electron chi connectivity index (χ3n) is 3.18. The van der Waals surface area contributed by atoms with Crippen molar-refractivity contribution in [2.75, 3.05) is 6.61 Å². The highest BCUT2D eigenvalue weighted by Crippen LogP contribution is 2.41. The van der Waals surface area contributed by atoms with Crippen molar-refractivity contribution in [1.29, 1.82) is 10.5 Å². The van der Waals surface area contributed by atoms with E-state index in [1.54, 1.807) is 31.2 Å². The van der Waals surface area contributed by atoms with Crippen LogP contribution in [-0.2, 0) is 4.79 Å². The third-order valence-corrected chi connectivity index (χ3v) is 4.71. The number of rotatable bonds is 6. The van der Waals surface area contributed by atoms with Gasteiger partial charge in [0.05, 0.1) is 6.61 Å². The molecule has 0 aliphatic heterocycles. The van der Waals surface area contributed by atoms with E-state index in [-0.39, 0.29) is 33.7 Å². The average Bonchev–Trinajstić information content (AvgIpc) is 2.60. The van der Waals surface area contributed by atoms with Crippen molar-refractivity contribution in [3.63, 3.8) is 0 Å². The first-order chi connectivity index (χ1) is 12.0. The molecule has 2 N–H and O–H groups in total. The SMILES string of the molecule is CCOc1c(C#N)c(Cl)nc(SC(C(N)=O)c2ccccc2)c1C#N. The first kappa shape index (κ1) is 18.6. The largest absolute Gasteiger partial charge is 0.491 e. The van der Waals surface area contributed by atoms with Crippen LogP contribution in [0.15, 0.2) is 35.4 Å². The number of nitriles is 2. The molecule has 1 unspecified atom stereocenters. The van der Waals surface area contributed by atoms with Crippen molar-refractivity contribution in [2.45, 2.75) is 17.2 Å². The van der Waals surface area contributed by atoms with Crippen LogP contribution in [0.4, 0.5) is 0 Å². The number of benzene rings is 1. The van der Waals surface area contributed by atoms with E-state index in [0.717, 1.165) is 11.8 Å². The predicted octanol–water partition coefficient (Wildman–Crippen LogP) is 3.20. The molecule has 2 rings (SSSR count). The summed E-state index contributed by atoms with van der Waals surface area (Å²) in [4.78, 5) is 16.0. The molecule has 1 atom stereocenters. The summed E-state index contributed by atoms with van der Waals surface area (Å²) in [6.45, 7) is 1.96. The van der Waals surface area contributed by atoms with Gasteiger partial charge in [-0.2, -0.15) is 10.5 Å². The summed E-state index contributed by atoms with van der Waals surface area (Å²) in [5, 5.41) is 18.1. The molecule has 8 heteroatoms. The Bertz CT molecular complexity index is 875. The Balaban J connectivity index is 2.57. The van der Waals surface area contributed by atoms with Crippen LogP contribution in [0.25, 0.3) is 0 Å². The maximum atomic E-state index is 11.9. The van der Waals surface area contributed by atoms with Gasteiger partial charge in [-0.1, -0.05) is 53.7 Å². The maximum absolute atomic E-state index is 11.9. The third kappa shape index (κ3) is 4.03. The van der Waals surface area contributed by atoms with E-state index in [1.807, 2.05) is 18.2 Å². The zero-order chi connectivity index (χ0) is 18.4. The smallest absolute Gasteiger partial charge is 0.235 e. The number of aromatic nitrogens is 1. The molecular weight excluding hydrogens is 360 g/mol. The molecule has 0 aliphatic rings. The fourth-order valence-electron chi connectivity index (χ4n) is 2.12. The van der Waals surface area contributed by atoms with Gasteiger partial charge in [-0.3, -0.25) is 4.79 Å². The second-order valence-corrected chi connectivity index (χ2v) is 6.21. The Labute approximate surface area is 154 Å². The summed E-state index contributed by atoms with van der Waals surface area (Å²) in [5.74, 6) is -0.522. The summed E-state index contributed by atoms with van der Waals surface area (Å²) in [7, 11) is 0. The minimum Gasteiger partial charge on any atom is -0.491 e. The van der Waals surface area contributed by atoms with E-state index in [4.69, 9.17) is 22.1 Å². The molecule has 0 spiro atoms. The van der Waals surface area contributed by atoms with E-state index >= 15 is 0 Å². The maximum Gasteiger partial charge on any atom is 0.235 e. The van der Waals surface area contributed by atoms with E-state index in [9.17, 15) is 15.3 Å². The van der Waals surface area contributed by atoms with Gasteiger partial charge in [-0.25, -0.2) is 4.98 Å². The van der Waals surface area contributed by atoms with E-state index in [0.29, 0.717) is 5.56 Å². The normalized spacial score (nSPS) is 11.2. The Morgan fingerprint density at radius 3 is 2.48 bits per heavy atom. The van der Waals surface area contributed by atoms with Crippen LogP contribution in [0.1, 0.15) is 28.9 Å². The van der Waals surface area contributed by atoms with Crippen LogP contribution < -0.4 is 10.5 Å². The van der Waals surface area contributed by atoms with E-state index < -0.39 is 11.2 Å². The number of halogens is 1. The van der Waals surface area contributed by atoms with Gasteiger partial charge in [-0.05, 0) is 12.5 Å². The second-order valence-electron chi connectivity index (χ2n) is 4.75. The molecule has 1 aromatic heterocycles. The fraction of sp³-hybridized carbons (Fsp3) is 0.176. The Hall–Kier alpha value is -2.74. The van der Waals surface area contributed by atoms with Crippen LogP contribution in [0.5, 0.6) is 5.75 Å². The molecule has 2 aromatic rings. The number of ether oxygens (including phenoxy) is 1. The monoisotopic (exact) mass is 372 g/mol. The highest BCUT2D eigenvalue weighted by molar-refractivity contribution is 8.00. The van der Waals surface area contributed by atoms with Crippen molar-refractivity contribution in [1.82, 2.24) is 4.98 Å². The van der Waals surface area contributed by atoms with Gasteiger partial charge in [0.15, 0.2) is 10.9 Å². The van der Waals surface area contributed by atoms with Gasteiger partial charge in [-0.15, -0.1) is 0 Å². The molecule has 0 aliphatic carbocycles. The number of carbonyl (C=O) groups is 1. The van der Waals surface area contributed by atoms with Crippen LogP contribution in [0.3, 0.4) is 0 Å². The molecule has 1 heterocycles. The van der Waals surface area contributed by atoms with Gasteiger partial charge < -0.3 is 10.5 Å². The standard InChI is InChI=1S/C17H13ClN4O2S/c1-2-24-13-11(8-19)15(18)22-17(12(13)9-20)25-14(16(21)23)10-6-4-3-5-7-10/h3-7,14H,2H2,1H3,(H2,21,23). The minimum atomic E-state index is -0.765. The summed E-state index contributed by atoms with van der Waals surface area (Å²) in [5.41, 5.74) is 6.22. The molecule has 0 fully saturated rings. The molecule has 1 amide bonds. The quantitative estimate of drug-likeness (QED) is 0.615. The Morgan fingerprint density at radius 1 is 1.32 bits per heavy atom. The van der Waals surface area contributed by atoms with Crippen molar-refractivity contribution in [2.24, 2.45) is 5.73 Å². The molecule has 0 saturated heterocycles. The molecule has 0 radical (unpaired) electrons. The number of hydrogen-bond acceptors (Lipinski definition) is 6. The lowest BCUT2D eigenvalue weighted by Crippen LogP contribution is -2.19. The lowest BCUT2D eigenvalue weighted by molar-refractivity contribution is -0.117. The molecule has 25 heavy (non-hydrogen) atoms. The van der Waals surface area contributed by atoms with Gasteiger partial charge in [0.2, 0.25) is 5.91 Å². The zero-order valence-corrected chi connectivity index (χ0v) is 14.8. The van der Waals surface area contributed by atoms with Gasteiger partial charge in [0.1, 0.15) is 33.5 Å². The number of pyridine rings is 1. The van der Waals surface area contributed by atoms with Gasteiger partial charge in [0.25, 0.3) is 0 Å². The van der Waals surface area contributed by atoms with Crippen LogP contribution in [-0.4, -0.2) is 17.5 Å². The summed E-state index contributed by atoms with van der Waals surface area (Å²) in [6, 6.07) is 12.7. The molecule has 0 saturated carbocycles. The topological polar surface area (TPSA) is 113 Å². The van der Waals surface area contributed by atoms with Gasteiger partial charge in [0, 0.05) is 0 Å². The lowest BCUT2D eigenvalue weighted by Gasteiger charge is -2.16. The molecular formula is C17H13ClN4O2S. The number of primary amides is 1. The predicted molar refractivity (Wildman–Crippen MR) is 94.1 cm³/mol. The Kier molecular flexibility index (Phi) is 6.24. The highest BCUT2D eigenvalue weighted by Gasteiger charge is 2.26. The number of carbonyl (C=O) groups excluding carboxylic acids is 1. The van der Waals surface area contributed by atoms with Crippen molar-refractivity contribution in [3.8, 4) is 17.9 Å². The van der Waals surface area contributed by atoms with Crippen LogP contribution in [0, 0.1) is 22.7 Å². The summed E-state index contributed by atoms with van der Waals surface area (Å²) >= 11 is 7.05. The molecule has 1 aromatic carbocycles. The van der Waals surface area contributed by atoms with Crippen LogP contribution in [0.2, 0.25) is 5.15 Å². The number of nitrogens with two attached hydrogens (primary N) is 1. The first-order valence-electron chi connectivity index (χ1n) is 7.20.